The summed E-state index contributed by atoms with van der Waals surface area (Å²) >= 11 is 0. The molecule has 0 aliphatic carbocycles. The lowest BCUT2D eigenvalue weighted by Crippen LogP contribution is -2.27. The average molecular weight is 441 g/mol. The number of halogens is 4. The van der Waals surface area contributed by atoms with Gasteiger partial charge in [0.25, 0.3) is 0 Å². The third-order valence-corrected chi connectivity index (χ3v) is 2.48. The molecule has 17 heteroatoms. The number of hydrogen-bond donors (Lipinski definition) is 8. The zero-order valence-electron chi connectivity index (χ0n) is 17.2. The van der Waals surface area contributed by atoms with E-state index in [4.69, 9.17) is 40.2 Å². The van der Waals surface area contributed by atoms with Gasteiger partial charge in [-0.2, -0.15) is 0 Å². The summed E-state index contributed by atoms with van der Waals surface area (Å²) < 4.78 is 40.4. The van der Waals surface area contributed by atoms with Crippen LogP contribution in [0.5, 0.6) is 0 Å². The summed E-state index contributed by atoms with van der Waals surface area (Å²) in [6.07, 6.45) is 8.09. The predicted octanol–water partition coefficient (Wildman–Crippen LogP) is -0.610. The number of nitrogens with zero attached hydrogens (tertiary/aromatic N) is 1. The first-order valence-corrected chi connectivity index (χ1v) is 9.01. The van der Waals surface area contributed by atoms with Crippen molar-refractivity contribution in [3.8, 4) is 0 Å². The van der Waals surface area contributed by atoms with Crippen molar-refractivity contribution in [3.63, 3.8) is 0 Å². The molecule has 0 bridgehead atoms. The van der Waals surface area contributed by atoms with Gasteiger partial charge in [-0.15, -0.1) is 0 Å². The van der Waals surface area contributed by atoms with E-state index in [1.165, 1.54) is 58.2 Å². The van der Waals surface area contributed by atoms with Crippen LogP contribution in [0.3, 0.4) is 0 Å². The van der Waals surface area contributed by atoms with Gasteiger partial charge in [-0.3, -0.25) is 17.3 Å². The Morgan fingerprint density at radius 1 is 0.483 bits per heavy atom. The first kappa shape index (κ1) is 39.1. The van der Waals surface area contributed by atoms with Crippen LogP contribution in [0.4, 0.5) is 17.3 Å². The maximum Gasteiger partial charge on any atom is 0.674 e. The fourth-order valence-corrected chi connectivity index (χ4v) is 1.48. The summed E-state index contributed by atoms with van der Waals surface area (Å²) in [5.74, 6) is 0. The van der Waals surface area contributed by atoms with E-state index >= 15 is 0 Å². The highest BCUT2D eigenvalue weighted by atomic mass is 19.1. The molecule has 9 nitrogen and oxygen atoms in total. The molecule has 0 unspecified atom stereocenters. The van der Waals surface area contributed by atoms with E-state index in [0.29, 0.717) is 0 Å². The molecule has 0 rings (SSSR count). The van der Waals surface area contributed by atoms with Gasteiger partial charge in [-0.25, -0.2) is 0 Å². The molecule has 0 amide bonds. The van der Waals surface area contributed by atoms with Crippen LogP contribution in [-0.4, -0.2) is 94.3 Å². The smallest absolute Gasteiger partial charge is 0.398 e. The second-order valence-corrected chi connectivity index (χ2v) is 5.14. The molecule has 0 aliphatic heterocycles. The third kappa shape index (κ3) is 134. The quantitative estimate of drug-likeness (QED) is 0.172. The van der Waals surface area contributed by atoms with E-state index in [0.717, 1.165) is 0 Å². The van der Waals surface area contributed by atoms with Crippen molar-refractivity contribution in [1.82, 2.24) is 4.90 Å². The Labute approximate surface area is 171 Å². The summed E-state index contributed by atoms with van der Waals surface area (Å²) in [4.78, 5) is 2.64. The van der Waals surface area contributed by atoms with Crippen molar-refractivity contribution >= 4 is 29.6 Å². The molecule has 0 heterocycles. The molecule has 0 aromatic rings. The molecule has 0 radical (unpaired) electrons. The van der Waals surface area contributed by atoms with Gasteiger partial charge in [-0.1, -0.05) is 40.0 Å². The third-order valence-electron chi connectivity index (χ3n) is 2.48. The van der Waals surface area contributed by atoms with Crippen molar-refractivity contribution in [1.29, 1.82) is 0 Å². The molecule has 0 aliphatic rings. The first-order valence-electron chi connectivity index (χ1n) is 9.01. The van der Waals surface area contributed by atoms with Gasteiger partial charge in [0.1, 0.15) is 0 Å². The number of unbranched alkanes of at least 4 members (excludes halogenated alkanes) is 3. The van der Waals surface area contributed by atoms with Gasteiger partial charge in [0.05, 0.1) is 0 Å². The highest BCUT2D eigenvalue weighted by Crippen LogP contribution is 2.01. The van der Waals surface area contributed by atoms with E-state index < -0.39 is 29.6 Å². The lowest BCUT2D eigenvalue weighted by atomic mass is 10.2. The molecule has 176 valence electrons. The SMILES string of the molecule is CCCCN(CCCC)CCCC.OB(O)F.OB(O)F.OB(O)F.OB(O)F. The highest BCUT2D eigenvalue weighted by Gasteiger charge is 2.02. The topological polar surface area (TPSA) is 165 Å². The van der Waals surface area contributed by atoms with Gasteiger partial charge in [0.2, 0.25) is 0 Å². The molecule has 0 spiro atoms. The zero-order chi connectivity index (χ0) is 24.3. The van der Waals surface area contributed by atoms with Crippen molar-refractivity contribution in [3.05, 3.63) is 0 Å². The Hall–Kier alpha value is -0.380. The fourth-order valence-electron chi connectivity index (χ4n) is 1.48. The molecule has 29 heavy (non-hydrogen) atoms. The Morgan fingerprint density at radius 3 is 0.724 bits per heavy atom. The monoisotopic (exact) mass is 441 g/mol. The number of hydrogen-bond acceptors (Lipinski definition) is 9. The fraction of sp³-hybridized carbons (Fsp3) is 1.00. The molecule has 0 aromatic heterocycles. The molecule has 0 saturated heterocycles. The minimum Gasteiger partial charge on any atom is -0.398 e. The lowest BCUT2D eigenvalue weighted by Gasteiger charge is -2.21. The van der Waals surface area contributed by atoms with Crippen LogP contribution in [0.25, 0.3) is 0 Å². The van der Waals surface area contributed by atoms with Gasteiger partial charge in [0, 0.05) is 0 Å². The summed E-state index contributed by atoms with van der Waals surface area (Å²) in [5.41, 5.74) is 0. The van der Waals surface area contributed by atoms with E-state index in [2.05, 4.69) is 25.7 Å². The molecule has 0 saturated carbocycles. The van der Waals surface area contributed by atoms with Gasteiger partial charge in [-0.05, 0) is 38.9 Å². The Morgan fingerprint density at radius 2 is 0.621 bits per heavy atom. The maximum atomic E-state index is 10.1. The molecule has 0 atom stereocenters. The van der Waals surface area contributed by atoms with Crippen LogP contribution in [0.2, 0.25) is 0 Å². The Kier molecular flexibility index (Phi) is 47.3. The van der Waals surface area contributed by atoms with Crippen LogP contribution >= 0.6 is 0 Å². The predicted molar refractivity (Wildman–Crippen MR) is 106 cm³/mol. The second-order valence-electron chi connectivity index (χ2n) is 5.14. The Balaban J connectivity index is -0.0000000984. The normalized spacial score (nSPS) is 8.69. The second kappa shape index (κ2) is 35.1. The summed E-state index contributed by atoms with van der Waals surface area (Å²) in [6, 6.07) is 0. The van der Waals surface area contributed by atoms with Gasteiger partial charge >= 0.3 is 29.6 Å². The summed E-state index contributed by atoms with van der Waals surface area (Å²) in [7, 11) is -10.7. The highest BCUT2D eigenvalue weighted by molar-refractivity contribution is 6.32. The maximum absolute atomic E-state index is 10.1. The van der Waals surface area contributed by atoms with Crippen LogP contribution in [0, 0.1) is 0 Å². The molecule has 0 aromatic carbocycles. The van der Waals surface area contributed by atoms with E-state index in [1.54, 1.807) is 0 Å². The first-order chi connectivity index (χ1) is 13.3. The Bertz CT molecular complexity index is 216. The van der Waals surface area contributed by atoms with Crippen LogP contribution in [0.15, 0.2) is 0 Å². The summed E-state index contributed by atoms with van der Waals surface area (Å²) in [5, 5.41) is 55.6. The van der Waals surface area contributed by atoms with Crippen molar-refractivity contribution in [2.24, 2.45) is 0 Å². The van der Waals surface area contributed by atoms with Crippen molar-refractivity contribution < 1.29 is 57.5 Å². The molecular weight excluding hydrogens is 405 g/mol. The minimum absolute atomic E-state index is 1.32. The average Bonchev–Trinajstić information content (AvgIpc) is 2.52. The molecule has 0 fully saturated rings. The largest absolute Gasteiger partial charge is 0.674 e. The molecule has 8 N–H and O–H groups in total. The van der Waals surface area contributed by atoms with Crippen molar-refractivity contribution in [2.75, 3.05) is 19.6 Å². The van der Waals surface area contributed by atoms with Crippen LogP contribution < -0.4 is 0 Å². The van der Waals surface area contributed by atoms with Gasteiger partial charge < -0.3 is 45.1 Å². The standard InChI is InChI=1S/C12H27N.4BFH2O2/c1-4-7-10-13(11-8-5-2)12-9-6-3;4*2-1(3)4/h4-12H2,1-3H3;4*3-4H. The van der Waals surface area contributed by atoms with E-state index in [1.807, 2.05) is 0 Å². The zero-order valence-corrected chi connectivity index (χ0v) is 17.2. The van der Waals surface area contributed by atoms with Crippen LogP contribution in [0.1, 0.15) is 59.3 Å². The van der Waals surface area contributed by atoms with Gasteiger partial charge in [0.15, 0.2) is 0 Å². The van der Waals surface area contributed by atoms with E-state index in [-0.39, 0.29) is 0 Å². The van der Waals surface area contributed by atoms with Crippen LogP contribution in [-0.2, 0) is 0 Å². The molecular formula is C12H35B4F4NO8. The minimum atomic E-state index is -2.67. The van der Waals surface area contributed by atoms with E-state index in [9.17, 15) is 17.3 Å². The lowest BCUT2D eigenvalue weighted by molar-refractivity contribution is 0.261. The number of rotatable bonds is 9. The van der Waals surface area contributed by atoms with Crippen molar-refractivity contribution in [2.45, 2.75) is 59.3 Å². The summed E-state index contributed by atoms with van der Waals surface area (Å²) in [6.45, 7) is 10.8.